The molecule has 1 unspecified atom stereocenters. The van der Waals surface area contributed by atoms with Gasteiger partial charge in [0.05, 0.1) is 6.10 Å². The summed E-state index contributed by atoms with van der Waals surface area (Å²) in [4.78, 5) is 0. The molecule has 0 aliphatic rings. The second kappa shape index (κ2) is 4.09. The van der Waals surface area contributed by atoms with Crippen molar-refractivity contribution in [3.05, 3.63) is 33.8 Å². The minimum Gasteiger partial charge on any atom is -0.388 e. The average Bonchev–Trinajstić information content (AvgIpc) is 1.99. The van der Waals surface area contributed by atoms with Crippen LogP contribution in [0.25, 0.3) is 0 Å². The van der Waals surface area contributed by atoms with Crippen LogP contribution in [-0.4, -0.2) is 5.11 Å². The van der Waals surface area contributed by atoms with Gasteiger partial charge in [-0.2, -0.15) is 0 Å². The van der Waals surface area contributed by atoms with Crippen LogP contribution in [-0.2, 0) is 0 Å². The van der Waals surface area contributed by atoms with Gasteiger partial charge < -0.3 is 5.11 Å². The molecule has 1 atom stereocenters. The van der Waals surface area contributed by atoms with Gasteiger partial charge in [0.25, 0.3) is 0 Å². The van der Waals surface area contributed by atoms with Crippen LogP contribution in [0, 0.1) is 5.41 Å². The van der Waals surface area contributed by atoms with Crippen LogP contribution in [0.5, 0.6) is 0 Å². The fourth-order valence-corrected chi connectivity index (χ4v) is 1.78. The van der Waals surface area contributed by atoms with Crippen molar-refractivity contribution in [2.24, 2.45) is 5.41 Å². The predicted octanol–water partition coefficient (Wildman–Crippen LogP) is 4.07. The van der Waals surface area contributed by atoms with E-state index in [0.717, 1.165) is 5.56 Å². The second-order valence-electron chi connectivity index (χ2n) is 4.47. The maximum atomic E-state index is 9.99. The van der Waals surface area contributed by atoms with Gasteiger partial charge in [-0.05, 0) is 29.2 Å². The third-order valence-corrected chi connectivity index (χ3v) is 2.46. The number of hydrogen-bond acceptors (Lipinski definition) is 1. The van der Waals surface area contributed by atoms with Gasteiger partial charge in [-0.25, -0.2) is 0 Å². The zero-order chi connectivity index (χ0) is 10.9. The van der Waals surface area contributed by atoms with E-state index in [-0.39, 0.29) is 5.41 Å². The molecule has 1 aromatic rings. The van der Waals surface area contributed by atoms with Crippen LogP contribution in [0.4, 0.5) is 0 Å². The van der Waals surface area contributed by atoms with Crippen molar-refractivity contribution < 1.29 is 5.11 Å². The van der Waals surface area contributed by atoms with Gasteiger partial charge in [0.2, 0.25) is 0 Å². The molecule has 0 saturated carbocycles. The molecule has 78 valence electrons. The molecule has 0 amide bonds. The summed E-state index contributed by atoms with van der Waals surface area (Å²) in [5.74, 6) is 0. The first kappa shape index (κ1) is 11.8. The minimum atomic E-state index is -0.557. The summed E-state index contributed by atoms with van der Waals surface area (Å²) in [5, 5.41) is 11.1. The van der Waals surface area contributed by atoms with Gasteiger partial charge in [0.1, 0.15) is 0 Å². The van der Waals surface area contributed by atoms with Crippen molar-refractivity contribution in [3.8, 4) is 0 Å². The molecule has 0 aliphatic heterocycles. The fraction of sp³-hybridized carbons (Fsp3) is 0.455. The number of hydrogen-bond donors (Lipinski definition) is 1. The topological polar surface area (TPSA) is 20.2 Å². The molecule has 0 bridgehead atoms. The third kappa shape index (κ3) is 2.88. The van der Waals surface area contributed by atoms with Crippen LogP contribution in [0.2, 0.25) is 10.0 Å². The number of aliphatic hydroxyl groups excluding tert-OH is 1. The first-order valence-electron chi connectivity index (χ1n) is 4.45. The van der Waals surface area contributed by atoms with E-state index in [9.17, 15) is 5.11 Å². The maximum absolute atomic E-state index is 9.99. The Balaban J connectivity index is 3.07. The molecular formula is C11H14Cl2O. The van der Waals surface area contributed by atoms with Crippen molar-refractivity contribution in [3.63, 3.8) is 0 Å². The van der Waals surface area contributed by atoms with Crippen molar-refractivity contribution in [1.29, 1.82) is 0 Å². The van der Waals surface area contributed by atoms with Crippen molar-refractivity contribution in [2.45, 2.75) is 26.9 Å². The molecule has 0 saturated heterocycles. The van der Waals surface area contributed by atoms with Gasteiger partial charge in [-0.15, -0.1) is 0 Å². The van der Waals surface area contributed by atoms with Crippen LogP contribution in [0.15, 0.2) is 18.2 Å². The largest absolute Gasteiger partial charge is 0.388 e. The first-order chi connectivity index (χ1) is 6.30. The molecule has 0 aliphatic carbocycles. The highest BCUT2D eigenvalue weighted by Gasteiger charge is 2.24. The number of rotatable bonds is 1. The summed E-state index contributed by atoms with van der Waals surface area (Å²) in [6.07, 6.45) is -0.557. The average molecular weight is 233 g/mol. The molecule has 14 heavy (non-hydrogen) atoms. The van der Waals surface area contributed by atoms with E-state index >= 15 is 0 Å². The lowest BCUT2D eigenvalue weighted by Gasteiger charge is -2.26. The quantitative estimate of drug-likeness (QED) is 0.775. The normalized spacial score (nSPS) is 14.1. The Hall–Kier alpha value is -0.240. The summed E-state index contributed by atoms with van der Waals surface area (Å²) < 4.78 is 0. The highest BCUT2D eigenvalue weighted by atomic mass is 35.5. The lowest BCUT2D eigenvalue weighted by atomic mass is 9.85. The molecule has 0 aromatic heterocycles. The Labute approximate surface area is 94.7 Å². The lowest BCUT2D eigenvalue weighted by Crippen LogP contribution is -2.17. The highest BCUT2D eigenvalue weighted by Crippen LogP contribution is 2.34. The molecule has 0 heterocycles. The Kier molecular flexibility index (Phi) is 3.46. The monoisotopic (exact) mass is 232 g/mol. The SMILES string of the molecule is CC(C)(C)C(O)c1cc(Cl)cc(Cl)c1. The Morgan fingerprint density at radius 2 is 1.50 bits per heavy atom. The van der Waals surface area contributed by atoms with Crippen molar-refractivity contribution in [2.75, 3.05) is 0 Å². The van der Waals surface area contributed by atoms with E-state index in [1.165, 1.54) is 0 Å². The van der Waals surface area contributed by atoms with Gasteiger partial charge >= 0.3 is 0 Å². The molecule has 0 radical (unpaired) electrons. The molecule has 1 nitrogen and oxygen atoms in total. The molecule has 0 spiro atoms. The van der Waals surface area contributed by atoms with Crippen LogP contribution < -0.4 is 0 Å². The maximum Gasteiger partial charge on any atom is 0.0839 e. The van der Waals surface area contributed by atoms with Gasteiger partial charge in [0, 0.05) is 10.0 Å². The molecule has 1 aromatic carbocycles. The van der Waals surface area contributed by atoms with E-state index in [0.29, 0.717) is 10.0 Å². The van der Waals surface area contributed by atoms with E-state index in [2.05, 4.69) is 0 Å². The van der Waals surface area contributed by atoms with Crippen molar-refractivity contribution in [1.82, 2.24) is 0 Å². The smallest absolute Gasteiger partial charge is 0.0839 e. The van der Waals surface area contributed by atoms with Crippen LogP contribution in [0.1, 0.15) is 32.4 Å². The molecule has 0 fully saturated rings. The predicted molar refractivity (Wildman–Crippen MR) is 60.9 cm³/mol. The standard InChI is InChI=1S/C11H14Cl2O/c1-11(2,3)10(14)7-4-8(12)6-9(13)5-7/h4-6,10,14H,1-3H3. The van der Waals surface area contributed by atoms with Crippen LogP contribution >= 0.6 is 23.2 Å². The minimum absolute atomic E-state index is 0.214. The third-order valence-electron chi connectivity index (χ3n) is 2.02. The Bertz CT molecular complexity index is 308. The molecule has 1 rings (SSSR count). The van der Waals surface area contributed by atoms with E-state index in [1.807, 2.05) is 20.8 Å². The molecule has 1 N–H and O–H groups in total. The zero-order valence-corrected chi connectivity index (χ0v) is 10.0. The number of aliphatic hydroxyl groups is 1. The summed E-state index contributed by atoms with van der Waals surface area (Å²) in [6, 6.07) is 5.13. The number of halogens is 2. The summed E-state index contributed by atoms with van der Waals surface area (Å²) >= 11 is 11.7. The highest BCUT2D eigenvalue weighted by molar-refractivity contribution is 6.34. The Morgan fingerprint density at radius 1 is 1.07 bits per heavy atom. The molecular weight excluding hydrogens is 219 g/mol. The lowest BCUT2D eigenvalue weighted by molar-refractivity contribution is 0.0627. The van der Waals surface area contributed by atoms with Gasteiger partial charge in [0.15, 0.2) is 0 Å². The fourth-order valence-electron chi connectivity index (χ4n) is 1.23. The van der Waals surface area contributed by atoms with Gasteiger partial charge in [-0.3, -0.25) is 0 Å². The summed E-state index contributed by atoms with van der Waals surface area (Å²) in [7, 11) is 0. The first-order valence-corrected chi connectivity index (χ1v) is 5.20. The van der Waals surface area contributed by atoms with Crippen LogP contribution in [0.3, 0.4) is 0 Å². The summed E-state index contributed by atoms with van der Waals surface area (Å²) in [5.41, 5.74) is 0.545. The zero-order valence-electron chi connectivity index (χ0n) is 8.51. The van der Waals surface area contributed by atoms with E-state index in [4.69, 9.17) is 23.2 Å². The van der Waals surface area contributed by atoms with Crippen molar-refractivity contribution >= 4 is 23.2 Å². The Morgan fingerprint density at radius 3 is 1.86 bits per heavy atom. The summed E-state index contributed by atoms with van der Waals surface area (Å²) in [6.45, 7) is 5.89. The second-order valence-corrected chi connectivity index (χ2v) is 5.34. The molecule has 3 heteroatoms. The van der Waals surface area contributed by atoms with E-state index < -0.39 is 6.10 Å². The van der Waals surface area contributed by atoms with Gasteiger partial charge in [-0.1, -0.05) is 44.0 Å². The van der Waals surface area contributed by atoms with E-state index in [1.54, 1.807) is 18.2 Å². The number of benzene rings is 1.